The third-order valence-electron chi connectivity index (χ3n) is 3.45. The van der Waals surface area contributed by atoms with E-state index in [4.69, 9.17) is 0 Å². The van der Waals surface area contributed by atoms with Gasteiger partial charge >= 0.3 is 0 Å². The molecule has 0 aliphatic rings. The molecule has 6 heteroatoms. The Morgan fingerprint density at radius 2 is 1.88 bits per heavy atom. The van der Waals surface area contributed by atoms with Crippen molar-refractivity contribution in [1.82, 2.24) is 4.98 Å². The molecule has 0 bridgehead atoms. The lowest BCUT2D eigenvalue weighted by Crippen LogP contribution is -2.07. The molecule has 2 aromatic carbocycles. The second-order valence-corrected chi connectivity index (χ2v) is 6.26. The molecule has 0 spiro atoms. The topological polar surface area (TPSA) is 42.0 Å². The van der Waals surface area contributed by atoms with Crippen molar-refractivity contribution in [2.75, 3.05) is 5.32 Å². The van der Waals surface area contributed by atoms with Crippen LogP contribution in [0.25, 0.3) is 17.3 Å². The summed E-state index contributed by atoms with van der Waals surface area (Å²) in [5.74, 6) is -2.15. The van der Waals surface area contributed by atoms with E-state index in [1.54, 1.807) is 11.5 Å². The molecule has 3 nitrogen and oxygen atoms in total. The first-order valence-electron chi connectivity index (χ1n) is 7.48. The van der Waals surface area contributed by atoms with Crippen molar-refractivity contribution in [3.8, 4) is 11.3 Å². The maximum Gasteiger partial charge on any atom is 0.250 e. The van der Waals surface area contributed by atoms with Gasteiger partial charge in [-0.2, -0.15) is 0 Å². The number of aryl methyl sites for hydroxylation is 1. The zero-order valence-corrected chi connectivity index (χ0v) is 14.1. The second kappa shape index (κ2) is 7.36. The normalized spacial score (nSPS) is 11.0. The summed E-state index contributed by atoms with van der Waals surface area (Å²) >= 11 is 1.21. The number of thiazole rings is 1. The SMILES string of the molecule is Cc1ccc(/C=C/C(=O)Nc2nc(-c3ccc(F)c(F)c3)cs2)cc1. The summed E-state index contributed by atoms with van der Waals surface area (Å²) in [5.41, 5.74) is 2.99. The number of carbonyl (C=O) groups is 1. The Morgan fingerprint density at radius 3 is 2.60 bits per heavy atom. The van der Waals surface area contributed by atoms with Gasteiger partial charge in [-0.05, 0) is 36.8 Å². The minimum absolute atomic E-state index is 0.313. The summed E-state index contributed by atoms with van der Waals surface area (Å²) in [4.78, 5) is 16.2. The zero-order valence-electron chi connectivity index (χ0n) is 13.3. The Labute approximate surface area is 147 Å². The first-order valence-corrected chi connectivity index (χ1v) is 8.36. The van der Waals surface area contributed by atoms with Gasteiger partial charge in [0, 0.05) is 17.0 Å². The first kappa shape index (κ1) is 17.0. The van der Waals surface area contributed by atoms with Crippen LogP contribution in [-0.4, -0.2) is 10.9 Å². The van der Waals surface area contributed by atoms with E-state index < -0.39 is 11.6 Å². The van der Waals surface area contributed by atoms with Gasteiger partial charge < -0.3 is 0 Å². The van der Waals surface area contributed by atoms with Crippen LogP contribution in [0.1, 0.15) is 11.1 Å². The molecule has 0 saturated heterocycles. The number of carbonyl (C=O) groups excluding carboxylic acids is 1. The van der Waals surface area contributed by atoms with Gasteiger partial charge in [0.25, 0.3) is 0 Å². The number of anilines is 1. The number of benzene rings is 2. The van der Waals surface area contributed by atoms with E-state index in [2.05, 4.69) is 10.3 Å². The molecular weight excluding hydrogens is 342 g/mol. The maximum absolute atomic E-state index is 13.3. The highest BCUT2D eigenvalue weighted by Crippen LogP contribution is 2.26. The van der Waals surface area contributed by atoms with Gasteiger partial charge in [-0.15, -0.1) is 11.3 Å². The van der Waals surface area contributed by atoms with Crippen molar-refractivity contribution in [3.63, 3.8) is 0 Å². The van der Waals surface area contributed by atoms with Crippen LogP contribution in [0.3, 0.4) is 0 Å². The molecule has 0 aliphatic carbocycles. The molecule has 0 atom stereocenters. The summed E-state index contributed by atoms with van der Waals surface area (Å²) in [6, 6.07) is 11.3. The van der Waals surface area contributed by atoms with Crippen molar-refractivity contribution in [2.45, 2.75) is 6.92 Å². The zero-order chi connectivity index (χ0) is 17.8. The summed E-state index contributed by atoms with van der Waals surface area (Å²) in [6.45, 7) is 1.99. The van der Waals surface area contributed by atoms with Gasteiger partial charge in [-0.3, -0.25) is 10.1 Å². The van der Waals surface area contributed by atoms with E-state index in [1.165, 1.54) is 23.5 Å². The lowest BCUT2D eigenvalue weighted by Gasteiger charge is -1.99. The number of halogens is 2. The monoisotopic (exact) mass is 356 g/mol. The Balaban J connectivity index is 1.67. The molecule has 1 aromatic heterocycles. The summed E-state index contributed by atoms with van der Waals surface area (Å²) < 4.78 is 26.3. The molecule has 1 amide bonds. The average Bonchev–Trinajstić information content (AvgIpc) is 3.05. The predicted molar refractivity (Wildman–Crippen MR) is 96.3 cm³/mol. The lowest BCUT2D eigenvalue weighted by atomic mass is 10.1. The quantitative estimate of drug-likeness (QED) is 0.665. The molecule has 1 N–H and O–H groups in total. The Kier molecular flexibility index (Phi) is 5.00. The number of hydrogen-bond acceptors (Lipinski definition) is 3. The van der Waals surface area contributed by atoms with Gasteiger partial charge in [-0.1, -0.05) is 29.8 Å². The molecule has 0 aliphatic heterocycles. The van der Waals surface area contributed by atoms with E-state index in [0.29, 0.717) is 16.4 Å². The highest BCUT2D eigenvalue weighted by molar-refractivity contribution is 7.14. The van der Waals surface area contributed by atoms with Crippen molar-refractivity contribution < 1.29 is 13.6 Å². The molecule has 3 aromatic rings. The number of amides is 1. The fraction of sp³-hybridized carbons (Fsp3) is 0.0526. The number of rotatable bonds is 4. The summed E-state index contributed by atoms with van der Waals surface area (Å²) in [5, 5.41) is 4.71. The molecule has 25 heavy (non-hydrogen) atoms. The van der Waals surface area contributed by atoms with Crippen LogP contribution in [0.2, 0.25) is 0 Å². The van der Waals surface area contributed by atoms with Gasteiger partial charge in [0.15, 0.2) is 16.8 Å². The lowest BCUT2D eigenvalue weighted by molar-refractivity contribution is -0.111. The van der Waals surface area contributed by atoms with Crippen LogP contribution in [0.4, 0.5) is 13.9 Å². The smallest absolute Gasteiger partial charge is 0.250 e. The maximum atomic E-state index is 13.3. The number of aromatic nitrogens is 1. The number of hydrogen-bond donors (Lipinski definition) is 1. The van der Waals surface area contributed by atoms with E-state index in [0.717, 1.165) is 23.3 Å². The molecular formula is C19H14F2N2OS. The molecule has 0 radical (unpaired) electrons. The van der Waals surface area contributed by atoms with Crippen LogP contribution in [-0.2, 0) is 4.79 Å². The van der Waals surface area contributed by atoms with E-state index >= 15 is 0 Å². The second-order valence-electron chi connectivity index (χ2n) is 5.40. The Bertz CT molecular complexity index is 933. The van der Waals surface area contributed by atoms with Crippen molar-refractivity contribution >= 4 is 28.5 Å². The van der Waals surface area contributed by atoms with E-state index in [1.807, 2.05) is 31.2 Å². The standard InChI is InChI=1S/C19H14F2N2OS/c1-12-2-4-13(5-3-12)6-9-18(24)23-19-22-17(11-25-19)14-7-8-15(20)16(21)10-14/h2-11H,1H3,(H,22,23,24)/b9-6+. The van der Waals surface area contributed by atoms with E-state index in [9.17, 15) is 13.6 Å². The highest BCUT2D eigenvalue weighted by Gasteiger charge is 2.09. The molecule has 1 heterocycles. The van der Waals surface area contributed by atoms with Crippen LogP contribution >= 0.6 is 11.3 Å². The minimum Gasteiger partial charge on any atom is -0.298 e. The molecule has 0 fully saturated rings. The predicted octanol–water partition coefficient (Wildman–Crippen LogP) is 5.05. The Hall–Kier alpha value is -2.86. The van der Waals surface area contributed by atoms with Crippen LogP contribution in [0.5, 0.6) is 0 Å². The van der Waals surface area contributed by atoms with Gasteiger partial charge in [0.2, 0.25) is 5.91 Å². The first-order chi connectivity index (χ1) is 12.0. The van der Waals surface area contributed by atoms with Crippen molar-refractivity contribution in [1.29, 1.82) is 0 Å². The van der Waals surface area contributed by atoms with Gasteiger partial charge in [0.1, 0.15) is 0 Å². The fourth-order valence-corrected chi connectivity index (χ4v) is 2.84. The highest BCUT2D eigenvalue weighted by atomic mass is 32.1. The average molecular weight is 356 g/mol. The molecule has 0 saturated carbocycles. The summed E-state index contributed by atoms with van der Waals surface area (Å²) in [7, 11) is 0. The molecule has 3 rings (SSSR count). The third-order valence-corrected chi connectivity index (χ3v) is 4.21. The number of nitrogens with zero attached hydrogens (tertiary/aromatic N) is 1. The fourth-order valence-electron chi connectivity index (χ4n) is 2.12. The third kappa shape index (κ3) is 4.36. The minimum atomic E-state index is -0.933. The van der Waals surface area contributed by atoms with Gasteiger partial charge in [0.05, 0.1) is 5.69 Å². The van der Waals surface area contributed by atoms with Crippen LogP contribution in [0.15, 0.2) is 53.9 Å². The summed E-state index contributed by atoms with van der Waals surface area (Å²) in [6.07, 6.45) is 3.13. The van der Waals surface area contributed by atoms with Crippen molar-refractivity contribution in [3.05, 3.63) is 76.7 Å². The Morgan fingerprint density at radius 1 is 1.12 bits per heavy atom. The number of nitrogens with one attached hydrogen (secondary N) is 1. The van der Waals surface area contributed by atoms with Gasteiger partial charge in [-0.25, -0.2) is 13.8 Å². The molecule has 126 valence electrons. The van der Waals surface area contributed by atoms with E-state index in [-0.39, 0.29) is 5.91 Å². The van der Waals surface area contributed by atoms with Crippen molar-refractivity contribution in [2.24, 2.45) is 0 Å². The largest absolute Gasteiger partial charge is 0.298 e. The van der Waals surface area contributed by atoms with Crippen LogP contribution < -0.4 is 5.32 Å². The molecule has 0 unspecified atom stereocenters. The van der Waals surface area contributed by atoms with Crippen LogP contribution in [0, 0.1) is 18.6 Å².